The molecule has 6 nitrogen and oxygen atoms in total. The predicted octanol–water partition coefficient (Wildman–Crippen LogP) is 5.22. The number of likely N-dealkylation sites (N-methyl/N-ethyl adjacent to an activating group) is 1. The first-order valence-corrected chi connectivity index (χ1v) is 12.5. The number of para-hydroxylation sites is 1. The van der Waals surface area contributed by atoms with Gasteiger partial charge in [0.2, 0.25) is 12.1 Å². The molecule has 0 spiro atoms. The Bertz CT molecular complexity index is 1420. The zero-order valence-electron chi connectivity index (χ0n) is 20.4. The standard InChI is InChI=1S/C27H24ClF3N4O2S/c1-15-7-6-10-19(27(29,30)31)23(15)35-21-12-11-17(28)13-18(21)22(16-8-4-3-5-9-16)33-24(26(35)37)34(2)25(36)20(32)14-38/h3-13,20,24,38H,14,32H2,1-2H3. The minimum Gasteiger partial charge on any atom is -0.319 e. The molecule has 0 aromatic heterocycles. The lowest BCUT2D eigenvalue weighted by molar-refractivity contribution is -0.139. The number of fused-ring (bicyclic) bond motifs is 1. The molecule has 1 heterocycles. The van der Waals surface area contributed by atoms with Crippen LogP contribution in [-0.2, 0) is 15.8 Å². The highest BCUT2D eigenvalue weighted by Gasteiger charge is 2.42. The Hall–Kier alpha value is -3.34. The molecule has 0 radical (unpaired) electrons. The van der Waals surface area contributed by atoms with Crippen LogP contribution in [0.1, 0.15) is 22.3 Å². The van der Waals surface area contributed by atoms with Crippen LogP contribution in [0.5, 0.6) is 0 Å². The van der Waals surface area contributed by atoms with Crippen LogP contribution in [0.25, 0.3) is 0 Å². The summed E-state index contributed by atoms with van der Waals surface area (Å²) in [6.45, 7) is 1.48. The van der Waals surface area contributed by atoms with Crippen molar-refractivity contribution in [3.8, 4) is 0 Å². The molecule has 0 bridgehead atoms. The first kappa shape index (κ1) is 27.7. The molecule has 198 valence electrons. The SMILES string of the molecule is Cc1cccc(C(F)(F)F)c1N1C(=O)C(N(C)C(=O)C(N)CS)N=C(c2ccccc2)c2cc(Cl)ccc21. The van der Waals surface area contributed by atoms with E-state index in [0.717, 1.165) is 15.9 Å². The van der Waals surface area contributed by atoms with Gasteiger partial charge in [-0.1, -0.05) is 54.1 Å². The molecule has 2 unspecified atom stereocenters. The third-order valence-corrected chi connectivity index (χ3v) is 6.82. The van der Waals surface area contributed by atoms with Crippen LogP contribution >= 0.6 is 24.2 Å². The van der Waals surface area contributed by atoms with Crippen LogP contribution in [-0.4, -0.2) is 47.4 Å². The molecule has 4 rings (SSSR count). The van der Waals surface area contributed by atoms with Crippen LogP contribution < -0.4 is 10.6 Å². The van der Waals surface area contributed by atoms with E-state index >= 15 is 0 Å². The molecular weight excluding hydrogens is 537 g/mol. The average Bonchev–Trinajstić information content (AvgIpc) is 3.01. The second-order valence-electron chi connectivity index (χ2n) is 8.76. The smallest absolute Gasteiger partial charge is 0.319 e. The number of nitrogens with zero attached hydrogens (tertiary/aromatic N) is 3. The first-order chi connectivity index (χ1) is 18.0. The van der Waals surface area contributed by atoms with E-state index in [1.807, 2.05) is 0 Å². The summed E-state index contributed by atoms with van der Waals surface area (Å²) in [4.78, 5) is 33.9. The summed E-state index contributed by atoms with van der Waals surface area (Å²) >= 11 is 10.4. The van der Waals surface area contributed by atoms with Crippen LogP contribution in [0.2, 0.25) is 5.02 Å². The molecule has 0 fully saturated rings. The molecule has 2 N–H and O–H groups in total. The third-order valence-electron chi connectivity index (χ3n) is 6.19. The summed E-state index contributed by atoms with van der Waals surface area (Å²) in [7, 11) is 1.34. The number of amides is 2. The van der Waals surface area contributed by atoms with Gasteiger partial charge in [-0.05, 0) is 36.8 Å². The molecule has 0 aliphatic carbocycles. The minimum atomic E-state index is -4.77. The van der Waals surface area contributed by atoms with Gasteiger partial charge >= 0.3 is 6.18 Å². The monoisotopic (exact) mass is 560 g/mol. The predicted molar refractivity (Wildman–Crippen MR) is 145 cm³/mol. The highest BCUT2D eigenvalue weighted by atomic mass is 35.5. The number of rotatable bonds is 5. The Balaban J connectivity index is 2.07. The highest BCUT2D eigenvalue weighted by Crippen LogP contribution is 2.44. The summed E-state index contributed by atoms with van der Waals surface area (Å²) in [5, 5.41) is 0.292. The van der Waals surface area contributed by atoms with Crippen molar-refractivity contribution in [3.05, 3.63) is 94.0 Å². The van der Waals surface area contributed by atoms with Gasteiger partial charge in [0.25, 0.3) is 5.91 Å². The molecular formula is C27H24ClF3N4O2S. The topological polar surface area (TPSA) is 79.0 Å². The van der Waals surface area contributed by atoms with Crippen molar-refractivity contribution in [2.24, 2.45) is 10.7 Å². The summed E-state index contributed by atoms with van der Waals surface area (Å²) in [5.41, 5.74) is 6.08. The van der Waals surface area contributed by atoms with E-state index in [1.54, 1.807) is 30.3 Å². The first-order valence-electron chi connectivity index (χ1n) is 11.5. The normalized spacial score (nSPS) is 16.4. The highest BCUT2D eigenvalue weighted by molar-refractivity contribution is 7.80. The number of aryl methyl sites for hydroxylation is 1. The van der Waals surface area contributed by atoms with Crippen LogP contribution in [0.4, 0.5) is 24.5 Å². The quantitative estimate of drug-likeness (QED) is 0.420. The van der Waals surface area contributed by atoms with E-state index in [2.05, 4.69) is 17.6 Å². The van der Waals surface area contributed by atoms with E-state index in [4.69, 9.17) is 17.3 Å². The van der Waals surface area contributed by atoms with Crippen molar-refractivity contribution < 1.29 is 22.8 Å². The number of benzodiazepines with no additional fused rings is 1. The lowest BCUT2D eigenvalue weighted by atomic mass is 9.99. The maximum Gasteiger partial charge on any atom is 0.418 e. The van der Waals surface area contributed by atoms with E-state index in [1.165, 1.54) is 44.3 Å². The van der Waals surface area contributed by atoms with Gasteiger partial charge in [-0.25, -0.2) is 4.99 Å². The van der Waals surface area contributed by atoms with Gasteiger partial charge in [0.1, 0.15) is 0 Å². The number of carbonyl (C=O) groups is 2. The zero-order valence-corrected chi connectivity index (χ0v) is 22.1. The summed E-state index contributed by atoms with van der Waals surface area (Å²) in [6.07, 6.45) is -6.30. The van der Waals surface area contributed by atoms with Crippen molar-refractivity contribution in [1.82, 2.24) is 4.90 Å². The van der Waals surface area contributed by atoms with Crippen molar-refractivity contribution >= 4 is 53.1 Å². The number of hydrogen-bond donors (Lipinski definition) is 2. The maximum atomic E-state index is 14.3. The number of halogens is 4. The molecule has 0 saturated carbocycles. The van der Waals surface area contributed by atoms with E-state index in [9.17, 15) is 22.8 Å². The number of carbonyl (C=O) groups excluding carboxylic acids is 2. The third kappa shape index (κ3) is 5.16. The Kier molecular flexibility index (Phi) is 7.87. The van der Waals surface area contributed by atoms with E-state index in [0.29, 0.717) is 16.1 Å². The fourth-order valence-corrected chi connectivity index (χ4v) is 4.66. The van der Waals surface area contributed by atoms with Gasteiger partial charge in [0.15, 0.2) is 0 Å². The number of aliphatic imine (C=N–C) groups is 1. The Labute approximate surface area is 228 Å². The molecule has 0 saturated heterocycles. The Morgan fingerprint density at radius 1 is 1.16 bits per heavy atom. The van der Waals surface area contributed by atoms with Gasteiger partial charge in [0.05, 0.1) is 28.7 Å². The summed E-state index contributed by atoms with van der Waals surface area (Å²) in [6, 6.07) is 15.9. The molecule has 3 aromatic carbocycles. The molecule has 3 aromatic rings. The van der Waals surface area contributed by atoms with Crippen molar-refractivity contribution in [1.29, 1.82) is 0 Å². The van der Waals surface area contributed by atoms with Gasteiger partial charge in [-0.15, -0.1) is 0 Å². The molecule has 2 atom stereocenters. The molecule has 2 amide bonds. The van der Waals surface area contributed by atoms with Crippen LogP contribution in [0, 0.1) is 6.92 Å². The molecule has 38 heavy (non-hydrogen) atoms. The van der Waals surface area contributed by atoms with E-state index < -0.39 is 35.8 Å². The zero-order chi connectivity index (χ0) is 27.8. The lowest BCUT2D eigenvalue weighted by Crippen LogP contribution is -2.52. The van der Waals surface area contributed by atoms with Gasteiger partial charge in [-0.2, -0.15) is 25.8 Å². The summed E-state index contributed by atoms with van der Waals surface area (Å²) in [5.74, 6) is -1.50. The maximum absolute atomic E-state index is 14.3. The van der Waals surface area contributed by atoms with Crippen LogP contribution in [0.3, 0.4) is 0 Å². The van der Waals surface area contributed by atoms with Crippen molar-refractivity contribution in [3.63, 3.8) is 0 Å². The van der Waals surface area contributed by atoms with Gasteiger partial charge < -0.3 is 10.6 Å². The fourth-order valence-electron chi connectivity index (χ4n) is 4.33. The Morgan fingerprint density at radius 3 is 2.47 bits per heavy atom. The van der Waals surface area contributed by atoms with Gasteiger partial charge in [0, 0.05) is 29.0 Å². The molecule has 1 aliphatic rings. The van der Waals surface area contributed by atoms with Gasteiger partial charge in [-0.3, -0.25) is 14.5 Å². The second kappa shape index (κ2) is 10.8. The minimum absolute atomic E-state index is 0.00506. The Morgan fingerprint density at radius 2 is 1.84 bits per heavy atom. The number of thiol groups is 1. The van der Waals surface area contributed by atoms with Crippen LogP contribution in [0.15, 0.2) is 71.7 Å². The lowest BCUT2D eigenvalue weighted by Gasteiger charge is -2.32. The average molecular weight is 561 g/mol. The molecule has 11 heteroatoms. The second-order valence-corrected chi connectivity index (χ2v) is 9.56. The van der Waals surface area contributed by atoms with Crippen molar-refractivity contribution in [2.45, 2.75) is 25.3 Å². The number of benzene rings is 3. The largest absolute Gasteiger partial charge is 0.418 e. The number of alkyl halides is 3. The number of anilines is 2. The molecule has 1 aliphatic heterocycles. The fraction of sp³-hybridized carbons (Fsp3) is 0.222. The van der Waals surface area contributed by atoms with Crippen molar-refractivity contribution in [2.75, 3.05) is 17.7 Å². The van der Waals surface area contributed by atoms with E-state index in [-0.39, 0.29) is 28.4 Å². The number of hydrogen-bond acceptors (Lipinski definition) is 5. The number of nitrogens with two attached hydrogens (primary N) is 1. The summed E-state index contributed by atoms with van der Waals surface area (Å²) < 4.78 is 42.8.